The molecule has 1 heterocycles. The van der Waals surface area contributed by atoms with Crippen LogP contribution in [0.15, 0.2) is 12.3 Å². The molecule has 1 atom stereocenters. The zero-order valence-corrected chi connectivity index (χ0v) is 9.44. The zero-order valence-electron chi connectivity index (χ0n) is 9.44. The third kappa shape index (κ3) is 3.83. The van der Waals surface area contributed by atoms with E-state index in [1.54, 1.807) is 10.9 Å². The van der Waals surface area contributed by atoms with Crippen molar-refractivity contribution in [3.05, 3.63) is 18.0 Å². The van der Waals surface area contributed by atoms with E-state index in [1.807, 2.05) is 20.0 Å². The van der Waals surface area contributed by atoms with Gasteiger partial charge in [0.15, 0.2) is 0 Å². The van der Waals surface area contributed by atoms with Gasteiger partial charge in [0.2, 0.25) is 0 Å². The fraction of sp³-hybridized carbons (Fsp3) is 0.636. The van der Waals surface area contributed by atoms with Crippen LogP contribution in [-0.4, -0.2) is 22.1 Å². The number of ketones is 1. The fourth-order valence-corrected chi connectivity index (χ4v) is 1.49. The average Bonchev–Trinajstić information content (AvgIpc) is 2.61. The minimum absolute atomic E-state index is 0.286. The predicted octanol–water partition coefficient (Wildman–Crippen LogP) is 0.907. The molecule has 0 aliphatic rings. The van der Waals surface area contributed by atoms with Crippen LogP contribution >= 0.6 is 0 Å². The van der Waals surface area contributed by atoms with Crippen molar-refractivity contribution >= 4 is 5.78 Å². The zero-order chi connectivity index (χ0) is 11.3. The van der Waals surface area contributed by atoms with E-state index in [4.69, 9.17) is 5.73 Å². The van der Waals surface area contributed by atoms with Gasteiger partial charge in [-0.25, -0.2) is 0 Å². The van der Waals surface area contributed by atoms with Gasteiger partial charge < -0.3 is 5.73 Å². The predicted molar refractivity (Wildman–Crippen MR) is 59.4 cm³/mol. The molecule has 1 aromatic rings. The van der Waals surface area contributed by atoms with Crippen LogP contribution in [0.25, 0.3) is 0 Å². The lowest BCUT2D eigenvalue weighted by atomic mass is 10.0. The number of rotatable bonds is 6. The maximum atomic E-state index is 11.5. The lowest BCUT2D eigenvalue weighted by molar-refractivity contribution is -0.119. The van der Waals surface area contributed by atoms with Crippen molar-refractivity contribution in [2.24, 2.45) is 18.7 Å². The summed E-state index contributed by atoms with van der Waals surface area (Å²) in [4.78, 5) is 11.5. The molecule has 1 rings (SSSR count). The first-order valence-corrected chi connectivity index (χ1v) is 5.32. The molecule has 0 spiro atoms. The fourth-order valence-electron chi connectivity index (χ4n) is 1.49. The van der Waals surface area contributed by atoms with Crippen molar-refractivity contribution in [1.82, 2.24) is 9.78 Å². The Morgan fingerprint density at radius 3 is 2.93 bits per heavy atom. The summed E-state index contributed by atoms with van der Waals surface area (Å²) in [5, 5.41) is 4.06. The van der Waals surface area contributed by atoms with E-state index < -0.39 is 0 Å². The second-order valence-corrected chi connectivity index (χ2v) is 4.03. The molecule has 2 N–H and O–H groups in total. The summed E-state index contributed by atoms with van der Waals surface area (Å²) in [6.07, 6.45) is 3.70. The first kappa shape index (κ1) is 11.9. The van der Waals surface area contributed by atoms with Gasteiger partial charge in [0.05, 0.1) is 0 Å². The molecule has 0 saturated heterocycles. The highest BCUT2D eigenvalue weighted by Crippen LogP contribution is 2.06. The monoisotopic (exact) mass is 209 g/mol. The summed E-state index contributed by atoms with van der Waals surface area (Å²) >= 11 is 0. The van der Waals surface area contributed by atoms with Crippen LogP contribution in [0.4, 0.5) is 0 Å². The lowest BCUT2D eigenvalue weighted by Gasteiger charge is -2.06. The molecule has 1 aromatic heterocycles. The minimum Gasteiger partial charge on any atom is -0.330 e. The van der Waals surface area contributed by atoms with E-state index in [0.29, 0.717) is 25.3 Å². The van der Waals surface area contributed by atoms with Crippen LogP contribution < -0.4 is 5.73 Å². The standard InChI is InChI=1S/C11H19N3O/c1-9(8-12)7-11(15)4-3-10-5-6-13-14(10)2/h5-6,9H,3-4,7-8,12H2,1-2H3. The van der Waals surface area contributed by atoms with E-state index in [9.17, 15) is 4.79 Å². The van der Waals surface area contributed by atoms with Crippen LogP contribution in [0, 0.1) is 5.92 Å². The number of aryl methyl sites for hydroxylation is 2. The molecule has 0 fully saturated rings. The SMILES string of the molecule is CC(CN)CC(=O)CCc1ccnn1C. The summed E-state index contributed by atoms with van der Waals surface area (Å²) in [5.41, 5.74) is 6.57. The van der Waals surface area contributed by atoms with Crippen molar-refractivity contribution in [2.75, 3.05) is 6.54 Å². The Balaban J connectivity index is 2.31. The smallest absolute Gasteiger partial charge is 0.133 e. The third-order valence-electron chi connectivity index (χ3n) is 2.56. The number of hydrogen-bond acceptors (Lipinski definition) is 3. The van der Waals surface area contributed by atoms with Gasteiger partial charge in [-0.05, 0) is 24.9 Å². The Kier molecular flexibility index (Phi) is 4.49. The van der Waals surface area contributed by atoms with E-state index in [2.05, 4.69) is 5.10 Å². The summed E-state index contributed by atoms with van der Waals surface area (Å²) in [6, 6.07) is 1.94. The normalized spacial score (nSPS) is 12.7. The number of hydrogen-bond donors (Lipinski definition) is 1. The Hall–Kier alpha value is -1.16. The van der Waals surface area contributed by atoms with E-state index in [0.717, 1.165) is 12.1 Å². The number of Topliss-reactive ketones (excluding diaryl/α,β-unsaturated/α-hetero) is 1. The molecule has 1 unspecified atom stereocenters. The van der Waals surface area contributed by atoms with E-state index in [1.165, 1.54) is 0 Å². The van der Waals surface area contributed by atoms with Gasteiger partial charge in [0.25, 0.3) is 0 Å². The largest absolute Gasteiger partial charge is 0.330 e. The lowest BCUT2D eigenvalue weighted by Crippen LogP contribution is -2.15. The van der Waals surface area contributed by atoms with Gasteiger partial charge in [-0.15, -0.1) is 0 Å². The van der Waals surface area contributed by atoms with Gasteiger partial charge in [0.1, 0.15) is 5.78 Å². The Morgan fingerprint density at radius 2 is 2.40 bits per heavy atom. The van der Waals surface area contributed by atoms with Crippen LogP contribution in [0.2, 0.25) is 0 Å². The van der Waals surface area contributed by atoms with Gasteiger partial charge in [-0.1, -0.05) is 6.92 Å². The second-order valence-electron chi connectivity index (χ2n) is 4.03. The molecule has 4 heteroatoms. The van der Waals surface area contributed by atoms with Crippen molar-refractivity contribution in [3.63, 3.8) is 0 Å². The average molecular weight is 209 g/mol. The summed E-state index contributed by atoms with van der Waals surface area (Å²) in [7, 11) is 1.89. The minimum atomic E-state index is 0.286. The molecule has 0 bridgehead atoms. The Labute approximate surface area is 90.5 Å². The molecule has 0 aromatic carbocycles. The van der Waals surface area contributed by atoms with Crippen LogP contribution in [0.1, 0.15) is 25.5 Å². The van der Waals surface area contributed by atoms with E-state index in [-0.39, 0.29) is 5.78 Å². The van der Waals surface area contributed by atoms with Crippen LogP contribution in [0.5, 0.6) is 0 Å². The Bertz CT molecular complexity index is 319. The van der Waals surface area contributed by atoms with Gasteiger partial charge in [-0.3, -0.25) is 9.48 Å². The highest BCUT2D eigenvalue weighted by atomic mass is 16.1. The summed E-state index contributed by atoms with van der Waals surface area (Å²) in [5.74, 6) is 0.582. The summed E-state index contributed by atoms with van der Waals surface area (Å²) in [6.45, 7) is 2.58. The van der Waals surface area contributed by atoms with Crippen LogP contribution in [-0.2, 0) is 18.3 Å². The topological polar surface area (TPSA) is 60.9 Å². The number of carbonyl (C=O) groups excluding carboxylic acids is 1. The second kappa shape index (κ2) is 5.66. The molecular formula is C11H19N3O. The number of carbonyl (C=O) groups is 1. The van der Waals surface area contributed by atoms with Crippen molar-refractivity contribution in [1.29, 1.82) is 0 Å². The van der Waals surface area contributed by atoms with Crippen molar-refractivity contribution < 1.29 is 4.79 Å². The van der Waals surface area contributed by atoms with Gasteiger partial charge >= 0.3 is 0 Å². The first-order valence-electron chi connectivity index (χ1n) is 5.32. The number of nitrogens with two attached hydrogens (primary N) is 1. The third-order valence-corrected chi connectivity index (χ3v) is 2.56. The molecule has 0 aliphatic heterocycles. The molecular weight excluding hydrogens is 190 g/mol. The maximum absolute atomic E-state index is 11.5. The molecule has 0 aliphatic carbocycles. The van der Waals surface area contributed by atoms with Crippen molar-refractivity contribution in [3.8, 4) is 0 Å². The number of aromatic nitrogens is 2. The van der Waals surface area contributed by atoms with E-state index >= 15 is 0 Å². The molecule has 0 saturated carbocycles. The quantitative estimate of drug-likeness (QED) is 0.757. The first-order chi connectivity index (χ1) is 7.13. The van der Waals surface area contributed by atoms with Gasteiger partial charge in [-0.2, -0.15) is 5.10 Å². The highest BCUT2D eigenvalue weighted by Gasteiger charge is 2.08. The molecule has 0 radical (unpaired) electrons. The van der Waals surface area contributed by atoms with Gasteiger partial charge in [0, 0.05) is 31.8 Å². The van der Waals surface area contributed by atoms with Crippen molar-refractivity contribution in [2.45, 2.75) is 26.2 Å². The Morgan fingerprint density at radius 1 is 1.67 bits per heavy atom. The van der Waals surface area contributed by atoms with Crippen LogP contribution in [0.3, 0.4) is 0 Å². The molecule has 84 valence electrons. The molecule has 15 heavy (non-hydrogen) atoms. The highest BCUT2D eigenvalue weighted by molar-refractivity contribution is 5.78. The molecule has 0 amide bonds. The molecule has 4 nitrogen and oxygen atoms in total. The number of nitrogens with zero attached hydrogens (tertiary/aromatic N) is 2. The summed E-state index contributed by atoms with van der Waals surface area (Å²) < 4.78 is 1.81. The maximum Gasteiger partial charge on any atom is 0.133 e.